The number of ether oxygens (including phenoxy) is 4. The van der Waals surface area contributed by atoms with Gasteiger partial charge in [-0.1, -0.05) is 0 Å². The van der Waals surface area contributed by atoms with E-state index < -0.39 is 41.0 Å². The number of hydrogen-bond donors (Lipinski definition) is 3. The molecule has 0 bridgehead atoms. The Labute approximate surface area is 302 Å². The first-order valence-electron chi connectivity index (χ1n) is 15.5. The number of aromatic carboxylic acids is 1. The molecule has 1 aliphatic carbocycles. The fourth-order valence-corrected chi connectivity index (χ4v) is 6.46. The second kappa shape index (κ2) is 14.2. The van der Waals surface area contributed by atoms with Crippen molar-refractivity contribution in [2.75, 3.05) is 7.11 Å². The number of aryl methyl sites for hydroxylation is 2. The molecule has 3 aromatic rings. The van der Waals surface area contributed by atoms with Crippen molar-refractivity contribution in [2.24, 2.45) is 0 Å². The molecule has 0 radical (unpaired) electrons. The average molecular weight is 766 g/mol. The minimum atomic E-state index is -2.43. The van der Waals surface area contributed by atoms with Crippen molar-refractivity contribution in [3.8, 4) is 23.0 Å². The number of aromatic hydroxyl groups is 1. The maximum atomic E-state index is 13.5. The molecule has 0 heterocycles. The van der Waals surface area contributed by atoms with Gasteiger partial charge in [-0.05, 0) is 147 Å². The first-order valence-corrected chi connectivity index (χ1v) is 16.3. The van der Waals surface area contributed by atoms with Crippen LogP contribution < -0.4 is 14.2 Å². The maximum absolute atomic E-state index is 13.5. The normalized spacial score (nSPS) is 15.5. The van der Waals surface area contributed by atoms with Crippen LogP contribution in [0, 0.1) is 55.4 Å². The van der Waals surface area contributed by atoms with Crippen LogP contribution in [0.3, 0.4) is 0 Å². The van der Waals surface area contributed by atoms with E-state index in [1.165, 1.54) is 40.0 Å². The fraction of sp³-hybridized carbons (Fsp3) is 0.289. The number of hydrogen-bond acceptors (Lipinski definition) is 11. The number of esters is 3. The predicted molar refractivity (Wildman–Crippen MR) is 188 cm³/mol. The predicted octanol–water partition coefficient (Wildman–Crippen LogP) is 6.45. The molecular formula is C38H37BrO12. The highest BCUT2D eigenvalue weighted by Gasteiger charge is 2.48. The number of carbonyl (C=O) groups is 5. The van der Waals surface area contributed by atoms with Crippen molar-refractivity contribution in [2.45, 2.75) is 67.9 Å². The molecule has 12 nitrogen and oxygen atoms in total. The Morgan fingerprint density at radius 2 is 1.25 bits per heavy atom. The highest BCUT2D eigenvalue weighted by atomic mass is 79.9. The number of benzene rings is 3. The van der Waals surface area contributed by atoms with E-state index in [0.29, 0.717) is 33.4 Å². The molecule has 1 aliphatic rings. The summed E-state index contributed by atoms with van der Waals surface area (Å²) in [4.78, 5) is 64.0. The summed E-state index contributed by atoms with van der Waals surface area (Å²) in [6.07, 6.45) is 2.03. The first kappa shape index (κ1) is 38.5. The third kappa shape index (κ3) is 6.66. The number of halogens is 1. The van der Waals surface area contributed by atoms with E-state index in [1.54, 1.807) is 41.5 Å². The molecule has 0 amide bonds. The molecule has 268 valence electrons. The van der Waals surface area contributed by atoms with Gasteiger partial charge in [0.2, 0.25) is 5.60 Å². The largest absolute Gasteiger partial charge is 0.506 e. The summed E-state index contributed by atoms with van der Waals surface area (Å²) in [5.41, 5.74) is 0.903. The second-order valence-corrected chi connectivity index (χ2v) is 13.2. The van der Waals surface area contributed by atoms with Crippen molar-refractivity contribution < 1.29 is 58.2 Å². The third-order valence-electron chi connectivity index (χ3n) is 9.31. The molecular weight excluding hydrogens is 728 g/mol. The quantitative estimate of drug-likeness (QED) is 0.169. The van der Waals surface area contributed by atoms with E-state index in [1.807, 2.05) is 0 Å². The standard InChI is InChI=1S/C38H37BrO12/c1-15-12-26(16(2)11-25(15)35(44)50-32-21(7)18(4)28(34(42)43)19(5)22(32)8)49-36(45)29-20(6)23(9)33(30(39)31(29)41)51-37(46)38(47)17(3)13-24(40)14-27(38)48-10/h11-14,41,47H,1-10H3,(H,42,43)/t38-/m1/s1. The zero-order chi connectivity index (χ0) is 38.4. The van der Waals surface area contributed by atoms with E-state index in [-0.39, 0.29) is 60.9 Å². The van der Waals surface area contributed by atoms with Gasteiger partial charge in [0.1, 0.15) is 33.0 Å². The first-order chi connectivity index (χ1) is 23.7. The molecule has 0 spiro atoms. The van der Waals surface area contributed by atoms with Crippen molar-refractivity contribution in [1.82, 2.24) is 0 Å². The molecule has 0 aromatic heterocycles. The number of allylic oxidation sites excluding steroid dienone is 2. The van der Waals surface area contributed by atoms with Crippen molar-refractivity contribution >= 4 is 45.6 Å². The molecule has 0 saturated heterocycles. The van der Waals surface area contributed by atoms with Crippen LogP contribution in [0.25, 0.3) is 0 Å². The Bertz CT molecular complexity index is 2080. The lowest BCUT2D eigenvalue weighted by Gasteiger charge is -2.30. The van der Waals surface area contributed by atoms with Gasteiger partial charge in [0, 0.05) is 6.08 Å². The van der Waals surface area contributed by atoms with E-state index in [9.17, 15) is 39.3 Å². The lowest BCUT2D eigenvalue weighted by Crippen LogP contribution is -2.47. The van der Waals surface area contributed by atoms with Crippen molar-refractivity contribution in [3.05, 3.63) is 101 Å². The average Bonchev–Trinajstić information content (AvgIpc) is 3.06. The monoisotopic (exact) mass is 764 g/mol. The summed E-state index contributed by atoms with van der Waals surface area (Å²) in [6, 6.07) is 2.97. The van der Waals surface area contributed by atoms with Crippen molar-refractivity contribution in [3.63, 3.8) is 0 Å². The second-order valence-electron chi connectivity index (χ2n) is 12.4. The van der Waals surface area contributed by atoms with Gasteiger partial charge < -0.3 is 34.3 Å². The number of carbonyl (C=O) groups excluding carboxylic acids is 4. The molecule has 51 heavy (non-hydrogen) atoms. The number of ketones is 1. The van der Waals surface area contributed by atoms with Gasteiger partial charge in [0.15, 0.2) is 11.5 Å². The van der Waals surface area contributed by atoms with E-state index in [2.05, 4.69) is 15.9 Å². The summed E-state index contributed by atoms with van der Waals surface area (Å²) < 4.78 is 21.9. The van der Waals surface area contributed by atoms with E-state index in [0.717, 1.165) is 12.2 Å². The van der Waals surface area contributed by atoms with Gasteiger partial charge in [0.05, 0.1) is 18.2 Å². The summed E-state index contributed by atoms with van der Waals surface area (Å²) in [7, 11) is 1.18. The van der Waals surface area contributed by atoms with Crippen LogP contribution in [-0.2, 0) is 14.3 Å². The molecule has 0 aliphatic heterocycles. The topological polar surface area (TPSA) is 183 Å². The van der Waals surface area contributed by atoms with Gasteiger partial charge in [-0.15, -0.1) is 0 Å². The Kier molecular flexibility index (Phi) is 10.7. The van der Waals surface area contributed by atoms with Crippen LogP contribution in [0.2, 0.25) is 0 Å². The van der Waals surface area contributed by atoms with Crippen LogP contribution >= 0.6 is 15.9 Å². The molecule has 0 unspecified atom stereocenters. The summed E-state index contributed by atoms with van der Waals surface area (Å²) >= 11 is 3.19. The lowest BCUT2D eigenvalue weighted by molar-refractivity contribution is -0.151. The van der Waals surface area contributed by atoms with Gasteiger partial charge in [-0.25, -0.2) is 19.2 Å². The summed E-state index contributed by atoms with van der Waals surface area (Å²) in [5.74, 6) is -5.21. The number of rotatable bonds is 8. The molecule has 1 atom stereocenters. The molecule has 0 saturated carbocycles. The van der Waals surface area contributed by atoms with Crippen LogP contribution in [-0.4, -0.2) is 57.7 Å². The number of aliphatic hydroxyl groups is 1. The van der Waals surface area contributed by atoms with E-state index >= 15 is 0 Å². The highest BCUT2D eigenvalue weighted by Crippen LogP contribution is 2.44. The minimum absolute atomic E-state index is 0.0403. The Morgan fingerprint density at radius 1 is 0.706 bits per heavy atom. The van der Waals surface area contributed by atoms with Crippen LogP contribution in [0.4, 0.5) is 0 Å². The summed E-state index contributed by atoms with van der Waals surface area (Å²) in [5, 5.41) is 32.0. The number of carboxylic acids is 1. The molecule has 3 aromatic carbocycles. The van der Waals surface area contributed by atoms with Crippen molar-refractivity contribution in [1.29, 1.82) is 0 Å². The third-order valence-corrected chi connectivity index (χ3v) is 10.0. The van der Waals surface area contributed by atoms with Crippen LogP contribution in [0.1, 0.15) is 82.5 Å². The van der Waals surface area contributed by atoms with Gasteiger partial charge >= 0.3 is 23.9 Å². The van der Waals surface area contributed by atoms with Crippen LogP contribution in [0.5, 0.6) is 23.0 Å². The molecule has 13 heteroatoms. The lowest BCUT2D eigenvalue weighted by atomic mass is 9.87. The number of methoxy groups -OCH3 is 1. The zero-order valence-corrected chi connectivity index (χ0v) is 31.3. The maximum Gasteiger partial charge on any atom is 0.356 e. The Hall–Kier alpha value is -5.27. The zero-order valence-electron chi connectivity index (χ0n) is 29.7. The summed E-state index contributed by atoms with van der Waals surface area (Å²) in [6.45, 7) is 14.3. The minimum Gasteiger partial charge on any atom is -0.506 e. The smallest absolute Gasteiger partial charge is 0.356 e. The van der Waals surface area contributed by atoms with Gasteiger partial charge in [-0.3, -0.25) is 4.79 Å². The SMILES string of the molecule is COC1=CC(=O)C=C(C)[C@]1(O)C(=O)Oc1c(C)c(C)c(C(=O)Oc2cc(C)c(C(=O)Oc3c(C)c(C)c(C(=O)O)c(C)c3C)cc2C)c(O)c1Br. The van der Waals surface area contributed by atoms with E-state index in [4.69, 9.17) is 18.9 Å². The number of phenolic OH excluding ortho intramolecular Hbond substituents is 1. The highest BCUT2D eigenvalue weighted by molar-refractivity contribution is 9.10. The number of carboxylic acid groups (broad SMARTS) is 1. The van der Waals surface area contributed by atoms with Crippen LogP contribution in [0.15, 0.2) is 40.1 Å². The van der Waals surface area contributed by atoms with Gasteiger partial charge in [0.25, 0.3) is 0 Å². The van der Waals surface area contributed by atoms with Gasteiger partial charge in [-0.2, -0.15) is 0 Å². The Balaban J connectivity index is 1.63. The number of phenols is 1. The molecule has 4 rings (SSSR count). The molecule has 3 N–H and O–H groups in total. The fourth-order valence-electron chi connectivity index (χ4n) is 5.88. The Morgan fingerprint density at radius 3 is 1.80 bits per heavy atom. The molecule has 0 fully saturated rings.